The number of aryl methyl sites for hydroxylation is 1. The first kappa shape index (κ1) is 18.7. The molecular weight excluding hydrogens is 326 g/mol. The summed E-state index contributed by atoms with van der Waals surface area (Å²) in [7, 11) is 2.92. The maximum absolute atomic E-state index is 12.4. The first-order valence-electron chi connectivity index (χ1n) is 8.25. The molecule has 1 aromatic heterocycles. The standard InChI is InChI=1S/C17H23N3O5/c1-4-25-16(23)13-6-5-9-20(11-13)14(21)8-7-12-10-18(2)17(24)19(3)15(12)22/h7-8,10,13H,4-6,9,11H2,1-3H3/b8-7+. The quantitative estimate of drug-likeness (QED) is 0.559. The van der Waals surface area contributed by atoms with Crippen molar-refractivity contribution < 1.29 is 14.3 Å². The highest BCUT2D eigenvalue weighted by atomic mass is 16.5. The molecule has 8 nitrogen and oxygen atoms in total. The summed E-state index contributed by atoms with van der Waals surface area (Å²) in [6.07, 6.45) is 5.53. The van der Waals surface area contributed by atoms with Gasteiger partial charge in [-0.3, -0.25) is 19.0 Å². The van der Waals surface area contributed by atoms with Crippen molar-refractivity contribution in [1.29, 1.82) is 0 Å². The predicted octanol–water partition coefficient (Wildman–Crippen LogP) is -0.101. The molecule has 2 rings (SSSR count). The van der Waals surface area contributed by atoms with Crippen molar-refractivity contribution in [2.45, 2.75) is 19.8 Å². The first-order chi connectivity index (χ1) is 11.8. The molecule has 1 atom stereocenters. The van der Waals surface area contributed by atoms with Crippen LogP contribution in [-0.4, -0.2) is 45.6 Å². The molecule has 1 aliphatic heterocycles. The van der Waals surface area contributed by atoms with Gasteiger partial charge in [-0.2, -0.15) is 0 Å². The van der Waals surface area contributed by atoms with Gasteiger partial charge < -0.3 is 14.2 Å². The molecule has 1 unspecified atom stereocenters. The summed E-state index contributed by atoms with van der Waals surface area (Å²) >= 11 is 0. The van der Waals surface area contributed by atoms with E-state index in [9.17, 15) is 19.2 Å². The number of ether oxygens (including phenoxy) is 1. The largest absolute Gasteiger partial charge is 0.466 e. The molecule has 0 aromatic carbocycles. The van der Waals surface area contributed by atoms with Crippen LogP contribution in [-0.2, 0) is 28.4 Å². The van der Waals surface area contributed by atoms with E-state index in [0.717, 1.165) is 11.0 Å². The Hall–Kier alpha value is -2.64. The molecule has 1 saturated heterocycles. The molecule has 1 aliphatic rings. The van der Waals surface area contributed by atoms with Gasteiger partial charge in [0.05, 0.1) is 18.1 Å². The Kier molecular flexibility index (Phi) is 5.95. The Morgan fingerprint density at radius 2 is 2.04 bits per heavy atom. The first-order valence-corrected chi connectivity index (χ1v) is 8.25. The van der Waals surface area contributed by atoms with Crippen LogP contribution in [0.2, 0.25) is 0 Å². The van der Waals surface area contributed by atoms with E-state index in [1.54, 1.807) is 11.8 Å². The molecule has 1 aromatic rings. The van der Waals surface area contributed by atoms with Crippen molar-refractivity contribution in [3.05, 3.63) is 38.7 Å². The summed E-state index contributed by atoms with van der Waals surface area (Å²) < 4.78 is 7.29. The fourth-order valence-electron chi connectivity index (χ4n) is 2.85. The minimum atomic E-state index is -0.463. The molecule has 0 spiro atoms. The van der Waals surface area contributed by atoms with Crippen LogP contribution in [0, 0.1) is 5.92 Å². The Morgan fingerprint density at radius 1 is 1.32 bits per heavy atom. The predicted molar refractivity (Wildman–Crippen MR) is 91.9 cm³/mol. The number of nitrogens with zero attached hydrogens (tertiary/aromatic N) is 3. The van der Waals surface area contributed by atoms with E-state index in [1.807, 2.05) is 0 Å². The lowest BCUT2D eigenvalue weighted by atomic mass is 9.98. The number of hydrogen-bond acceptors (Lipinski definition) is 5. The van der Waals surface area contributed by atoms with E-state index in [1.165, 1.54) is 37.0 Å². The zero-order valence-corrected chi connectivity index (χ0v) is 14.7. The van der Waals surface area contributed by atoms with Crippen molar-refractivity contribution >= 4 is 18.0 Å². The van der Waals surface area contributed by atoms with Crippen molar-refractivity contribution in [1.82, 2.24) is 14.0 Å². The van der Waals surface area contributed by atoms with Crippen LogP contribution in [0.1, 0.15) is 25.3 Å². The van der Waals surface area contributed by atoms with E-state index >= 15 is 0 Å². The van der Waals surface area contributed by atoms with E-state index in [0.29, 0.717) is 26.1 Å². The SMILES string of the molecule is CCOC(=O)C1CCCN(C(=O)/C=C/c2cn(C)c(=O)n(C)c2=O)C1. The second kappa shape index (κ2) is 7.96. The minimum absolute atomic E-state index is 0.247. The Bertz CT molecular complexity index is 805. The number of hydrogen-bond donors (Lipinski definition) is 0. The number of likely N-dealkylation sites (tertiary alicyclic amines) is 1. The van der Waals surface area contributed by atoms with Gasteiger partial charge in [0.1, 0.15) is 0 Å². The molecule has 1 fully saturated rings. The summed E-state index contributed by atoms with van der Waals surface area (Å²) in [5, 5.41) is 0. The summed E-state index contributed by atoms with van der Waals surface area (Å²) in [5.74, 6) is -0.864. The van der Waals surface area contributed by atoms with Gasteiger partial charge in [0, 0.05) is 39.5 Å². The molecule has 0 radical (unpaired) electrons. The highest BCUT2D eigenvalue weighted by Gasteiger charge is 2.28. The number of piperidine rings is 1. The number of carbonyl (C=O) groups excluding carboxylic acids is 2. The third-order valence-electron chi connectivity index (χ3n) is 4.23. The van der Waals surface area contributed by atoms with Crippen LogP contribution in [0.25, 0.3) is 6.08 Å². The average molecular weight is 349 g/mol. The van der Waals surface area contributed by atoms with Gasteiger partial charge >= 0.3 is 11.7 Å². The lowest BCUT2D eigenvalue weighted by Gasteiger charge is -2.30. The Labute approximate surface area is 145 Å². The topological polar surface area (TPSA) is 90.6 Å². The van der Waals surface area contributed by atoms with E-state index in [2.05, 4.69) is 0 Å². The second-order valence-corrected chi connectivity index (χ2v) is 6.05. The number of carbonyl (C=O) groups is 2. The van der Waals surface area contributed by atoms with Gasteiger partial charge in [-0.1, -0.05) is 0 Å². The van der Waals surface area contributed by atoms with Gasteiger partial charge in [-0.15, -0.1) is 0 Å². The highest BCUT2D eigenvalue weighted by molar-refractivity contribution is 5.92. The molecule has 2 heterocycles. The van der Waals surface area contributed by atoms with Crippen molar-refractivity contribution in [3.8, 4) is 0 Å². The molecule has 0 saturated carbocycles. The van der Waals surface area contributed by atoms with Crippen molar-refractivity contribution in [2.24, 2.45) is 20.0 Å². The number of aromatic nitrogens is 2. The van der Waals surface area contributed by atoms with Gasteiger partial charge in [0.2, 0.25) is 5.91 Å². The van der Waals surface area contributed by atoms with E-state index in [-0.39, 0.29) is 23.4 Å². The molecule has 0 bridgehead atoms. The van der Waals surface area contributed by atoms with Crippen molar-refractivity contribution in [2.75, 3.05) is 19.7 Å². The summed E-state index contributed by atoms with van der Waals surface area (Å²) in [6, 6.07) is 0. The van der Waals surface area contributed by atoms with Crippen LogP contribution in [0.15, 0.2) is 21.9 Å². The minimum Gasteiger partial charge on any atom is -0.466 e. The van der Waals surface area contributed by atoms with Gasteiger partial charge in [0.15, 0.2) is 0 Å². The summed E-state index contributed by atoms with van der Waals surface area (Å²) in [4.78, 5) is 49.5. The Morgan fingerprint density at radius 3 is 2.72 bits per heavy atom. The van der Waals surface area contributed by atoms with Crippen LogP contribution in [0.5, 0.6) is 0 Å². The molecule has 0 N–H and O–H groups in total. The van der Waals surface area contributed by atoms with Crippen molar-refractivity contribution in [3.63, 3.8) is 0 Å². The summed E-state index contributed by atoms with van der Waals surface area (Å²) in [6.45, 7) is 2.94. The maximum Gasteiger partial charge on any atom is 0.330 e. The van der Waals surface area contributed by atoms with E-state index < -0.39 is 11.2 Å². The summed E-state index contributed by atoms with van der Waals surface area (Å²) in [5.41, 5.74) is -0.645. The molecular formula is C17H23N3O5. The fraction of sp³-hybridized carbons (Fsp3) is 0.529. The van der Waals surface area contributed by atoms with E-state index in [4.69, 9.17) is 4.74 Å². The van der Waals surface area contributed by atoms with Gasteiger partial charge in [-0.05, 0) is 25.8 Å². The third-order valence-corrected chi connectivity index (χ3v) is 4.23. The molecule has 25 heavy (non-hydrogen) atoms. The Balaban J connectivity index is 2.12. The molecule has 8 heteroatoms. The fourth-order valence-corrected chi connectivity index (χ4v) is 2.85. The normalized spacial score (nSPS) is 17.7. The molecule has 1 amide bonds. The third kappa shape index (κ3) is 4.26. The van der Waals surface area contributed by atoms with Crippen LogP contribution < -0.4 is 11.2 Å². The molecule has 136 valence electrons. The number of amides is 1. The average Bonchev–Trinajstić information content (AvgIpc) is 2.62. The highest BCUT2D eigenvalue weighted by Crippen LogP contribution is 2.18. The zero-order valence-electron chi connectivity index (χ0n) is 14.7. The smallest absolute Gasteiger partial charge is 0.330 e. The monoisotopic (exact) mass is 349 g/mol. The second-order valence-electron chi connectivity index (χ2n) is 6.05. The lowest BCUT2D eigenvalue weighted by molar-refractivity contribution is -0.150. The lowest BCUT2D eigenvalue weighted by Crippen LogP contribution is -2.42. The van der Waals surface area contributed by atoms with Crippen LogP contribution in [0.3, 0.4) is 0 Å². The van der Waals surface area contributed by atoms with Crippen LogP contribution >= 0.6 is 0 Å². The zero-order chi connectivity index (χ0) is 18.6. The molecule has 0 aliphatic carbocycles. The number of esters is 1. The maximum atomic E-state index is 12.4. The van der Waals surface area contributed by atoms with Crippen LogP contribution in [0.4, 0.5) is 0 Å². The van der Waals surface area contributed by atoms with Gasteiger partial charge in [0.25, 0.3) is 5.56 Å². The van der Waals surface area contributed by atoms with Gasteiger partial charge in [-0.25, -0.2) is 4.79 Å². The number of rotatable bonds is 4.